The van der Waals surface area contributed by atoms with E-state index in [9.17, 15) is 26.4 Å². The molecule has 3 aliphatic heterocycles. The van der Waals surface area contributed by atoms with Crippen molar-refractivity contribution < 1.29 is 35.5 Å². The highest BCUT2D eigenvalue weighted by molar-refractivity contribution is 7.92. The SMILES string of the molecule is Cc1cc(C2CCN(C(=O)[C@@H]3CN(C4CCOCC4)CC3c3ccc(F)cc3F)CC2)c(N(CC(F)F)S(C)(=O)=O)cc1C. The molecule has 0 aliphatic carbocycles. The van der Waals surface area contributed by atoms with Gasteiger partial charge in [0.1, 0.15) is 11.6 Å². The van der Waals surface area contributed by atoms with Gasteiger partial charge in [0.15, 0.2) is 0 Å². The lowest BCUT2D eigenvalue weighted by atomic mass is 9.84. The molecular formula is C32H41F4N3O4S. The van der Waals surface area contributed by atoms with Crippen molar-refractivity contribution in [1.82, 2.24) is 9.80 Å². The molecule has 2 aromatic rings. The molecule has 2 atom stereocenters. The number of benzene rings is 2. The first-order valence-electron chi connectivity index (χ1n) is 15.3. The molecule has 0 bridgehead atoms. The van der Waals surface area contributed by atoms with Crippen LogP contribution in [-0.2, 0) is 19.6 Å². The second kappa shape index (κ2) is 13.3. The molecule has 3 fully saturated rings. The molecule has 12 heteroatoms. The van der Waals surface area contributed by atoms with Gasteiger partial charge in [-0.25, -0.2) is 26.0 Å². The summed E-state index contributed by atoms with van der Waals surface area (Å²) in [5.74, 6) is -2.46. The van der Waals surface area contributed by atoms with E-state index >= 15 is 4.39 Å². The highest BCUT2D eigenvalue weighted by Gasteiger charge is 2.44. The number of piperidine rings is 1. The molecule has 0 spiro atoms. The van der Waals surface area contributed by atoms with Gasteiger partial charge in [0, 0.05) is 57.4 Å². The lowest BCUT2D eigenvalue weighted by molar-refractivity contribution is -0.136. The first-order valence-corrected chi connectivity index (χ1v) is 17.1. The predicted octanol–water partition coefficient (Wildman–Crippen LogP) is 5.21. The highest BCUT2D eigenvalue weighted by Crippen LogP contribution is 2.41. The number of nitrogens with zero attached hydrogens (tertiary/aromatic N) is 3. The monoisotopic (exact) mass is 639 g/mol. The summed E-state index contributed by atoms with van der Waals surface area (Å²) in [5, 5.41) is 0. The highest BCUT2D eigenvalue weighted by atomic mass is 32.2. The van der Waals surface area contributed by atoms with Gasteiger partial charge in [-0.05, 0) is 79.8 Å². The summed E-state index contributed by atoms with van der Waals surface area (Å²) in [6.07, 6.45) is 0.809. The van der Waals surface area contributed by atoms with E-state index in [0.717, 1.165) is 40.6 Å². The van der Waals surface area contributed by atoms with Crippen molar-refractivity contribution in [3.8, 4) is 0 Å². The Hall–Kier alpha value is -2.70. The molecule has 0 aromatic heterocycles. The number of sulfonamides is 1. The van der Waals surface area contributed by atoms with Crippen LogP contribution >= 0.6 is 0 Å². The van der Waals surface area contributed by atoms with E-state index in [1.54, 1.807) is 11.0 Å². The van der Waals surface area contributed by atoms with Crippen LogP contribution < -0.4 is 4.31 Å². The normalized spacial score (nSPS) is 22.6. The lowest BCUT2D eigenvalue weighted by Gasteiger charge is -2.37. The average Bonchev–Trinajstić information content (AvgIpc) is 3.42. The van der Waals surface area contributed by atoms with Crippen LogP contribution in [0.25, 0.3) is 0 Å². The predicted molar refractivity (Wildman–Crippen MR) is 161 cm³/mol. The summed E-state index contributed by atoms with van der Waals surface area (Å²) in [6.45, 7) is 5.83. The summed E-state index contributed by atoms with van der Waals surface area (Å²) in [6, 6.07) is 7.33. The molecular weight excluding hydrogens is 598 g/mol. The average molecular weight is 640 g/mol. The number of rotatable bonds is 8. The first kappa shape index (κ1) is 32.7. The fourth-order valence-electron chi connectivity index (χ4n) is 7.10. The van der Waals surface area contributed by atoms with Crippen LogP contribution in [0.4, 0.5) is 23.2 Å². The van der Waals surface area contributed by atoms with E-state index in [0.29, 0.717) is 63.4 Å². The third-order valence-electron chi connectivity index (χ3n) is 9.60. The van der Waals surface area contributed by atoms with Gasteiger partial charge in [-0.2, -0.15) is 0 Å². The van der Waals surface area contributed by atoms with Gasteiger partial charge < -0.3 is 9.64 Å². The maximum atomic E-state index is 15.0. The van der Waals surface area contributed by atoms with Crippen LogP contribution in [0.5, 0.6) is 0 Å². The zero-order valence-corrected chi connectivity index (χ0v) is 26.3. The maximum absolute atomic E-state index is 15.0. The van der Waals surface area contributed by atoms with E-state index in [2.05, 4.69) is 4.90 Å². The summed E-state index contributed by atoms with van der Waals surface area (Å²) in [4.78, 5) is 18.1. The number of hydrogen-bond donors (Lipinski definition) is 0. The molecule has 3 heterocycles. The summed E-state index contributed by atoms with van der Waals surface area (Å²) >= 11 is 0. The number of amides is 1. The Morgan fingerprint density at radius 1 is 0.977 bits per heavy atom. The van der Waals surface area contributed by atoms with Crippen molar-refractivity contribution in [2.45, 2.75) is 63.8 Å². The standard InChI is InChI=1S/C32H41F4N3O4S/c1-20-14-26(30(15-21(20)2)39(19-31(35)36)44(3,41)42)22-6-10-37(11-7-22)32(40)28-18-38(24-8-12-43-13-9-24)17-27(28)25-5-4-23(33)16-29(25)34/h4-5,14-16,22,24,27-28,31H,6-13,17-19H2,1-3H3/t27?,28-/m1/s1. The zero-order chi connectivity index (χ0) is 31.8. The minimum absolute atomic E-state index is 0.0810. The molecule has 44 heavy (non-hydrogen) atoms. The summed E-state index contributed by atoms with van der Waals surface area (Å²) in [7, 11) is -3.97. The van der Waals surface area contributed by atoms with Crippen LogP contribution in [0, 0.1) is 31.4 Å². The Bertz CT molecular complexity index is 1460. The maximum Gasteiger partial charge on any atom is 0.257 e. The number of likely N-dealkylation sites (tertiary alicyclic amines) is 2. The number of aryl methyl sites for hydroxylation is 2. The molecule has 7 nitrogen and oxygen atoms in total. The van der Waals surface area contributed by atoms with Crippen molar-refractivity contribution in [2.24, 2.45) is 5.92 Å². The quantitative estimate of drug-likeness (QED) is 0.371. The third kappa shape index (κ3) is 7.07. The number of carbonyl (C=O) groups excluding carboxylic acids is 1. The molecule has 0 radical (unpaired) electrons. The van der Waals surface area contributed by atoms with Crippen LogP contribution in [-0.4, -0.2) is 88.8 Å². The number of ether oxygens (including phenoxy) is 1. The fourth-order valence-corrected chi connectivity index (χ4v) is 8.00. The van der Waals surface area contributed by atoms with Gasteiger partial charge in [-0.1, -0.05) is 12.1 Å². The lowest BCUT2D eigenvalue weighted by Crippen LogP contribution is -2.44. The first-order chi connectivity index (χ1) is 20.8. The van der Waals surface area contributed by atoms with Crippen molar-refractivity contribution in [1.29, 1.82) is 0 Å². The van der Waals surface area contributed by atoms with Crippen LogP contribution in [0.3, 0.4) is 0 Å². The molecule has 242 valence electrons. The zero-order valence-electron chi connectivity index (χ0n) is 25.4. The van der Waals surface area contributed by atoms with Gasteiger partial charge in [-0.3, -0.25) is 14.0 Å². The van der Waals surface area contributed by atoms with Gasteiger partial charge in [0.25, 0.3) is 6.43 Å². The van der Waals surface area contributed by atoms with E-state index in [1.807, 2.05) is 19.9 Å². The smallest absolute Gasteiger partial charge is 0.257 e. The second-order valence-electron chi connectivity index (χ2n) is 12.5. The summed E-state index contributed by atoms with van der Waals surface area (Å²) < 4.78 is 87.3. The van der Waals surface area contributed by atoms with Gasteiger partial charge >= 0.3 is 0 Å². The van der Waals surface area contributed by atoms with Crippen molar-refractivity contribution >= 4 is 21.6 Å². The topological polar surface area (TPSA) is 70.2 Å². The summed E-state index contributed by atoms with van der Waals surface area (Å²) in [5.41, 5.74) is 3.01. The number of carbonyl (C=O) groups is 1. The molecule has 0 N–H and O–H groups in total. The van der Waals surface area contributed by atoms with E-state index < -0.39 is 46.5 Å². The Kier molecular flexibility index (Phi) is 9.91. The fraction of sp³-hybridized carbons (Fsp3) is 0.594. The molecule has 3 saturated heterocycles. The van der Waals surface area contributed by atoms with Crippen molar-refractivity contribution in [3.05, 3.63) is 64.2 Å². The Morgan fingerprint density at radius 3 is 2.25 bits per heavy atom. The van der Waals surface area contributed by atoms with Gasteiger partial charge in [0.05, 0.1) is 24.4 Å². The van der Waals surface area contributed by atoms with Crippen LogP contribution in [0.1, 0.15) is 59.8 Å². The van der Waals surface area contributed by atoms with Crippen LogP contribution in [0.15, 0.2) is 30.3 Å². The minimum atomic E-state index is -3.97. The molecule has 1 amide bonds. The Balaban J connectivity index is 1.37. The number of hydrogen-bond acceptors (Lipinski definition) is 5. The number of alkyl halides is 2. The number of anilines is 1. The van der Waals surface area contributed by atoms with Gasteiger partial charge in [-0.15, -0.1) is 0 Å². The number of halogens is 4. The van der Waals surface area contributed by atoms with E-state index in [-0.39, 0.29) is 23.6 Å². The third-order valence-corrected chi connectivity index (χ3v) is 10.7. The molecule has 2 aromatic carbocycles. The Morgan fingerprint density at radius 2 is 1.64 bits per heavy atom. The van der Waals surface area contributed by atoms with E-state index in [4.69, 9.17) is 4.74 Å². The minimum Gasteiger partial charge on any atom is -0.381 e. The van der Waals surface area contributed by atoms with Crippen LogP contribution in [0.2, 0.25) is 0 Å². The van der Waals surface area contributed by atoms with Crippen molar-refractivity contribution in [2.75, 3.05) is 56.5 Å². The molecule has 5 rings (SSSR count). The van der Waals surface area contributed by atoms with E-state index in [1.165, 1.54) is 12.1 Å². The molecule has 0 saturated carbocycles. The molecule has 1 unspecified atom stereocenters. The largest absolute Gasteiger partial charge is 0.381 e. The van der Waals surface area contributed by atoms with Crippen molar-refractivity contribution in [3.63, 3.8) is 0 Å². The van der Waals surface area contributed by atoms with Gasteiger partial charge in [0.2, 0.25) is 15.9 Å². The second-order valence-corrected chi connectivity index (χ2v) is 14.4. The Labute approximate surface area is 257 Å². The molecule has 3 aliphatic rings.